The molecule has 0 aromatic heterocycles. The first-order valence-electron chi connectivity index (χ1n) is 9.20. The lowest BCUT2D eigenvalue weighted by Crippen LogP contribution is -2.52. The summed E-state index contributed by atoms with van der Waals surface area (Å²) < 4.78 is 5.38. The third-order valence-electron chi connectivity index (χ3n) is 4.17. The van der Waals surface area contributed by atoms with Crippen LogP contribution in [0.2, 0.25) is 0 Å². The molecule has 5 nitrogen and oxygen atoms in total. The molecule has 0 amide bonds. The molecule has 2 rings (SSSR count). The zero-order valence-corrected chi connectivity index (χ0v) is 17.9. The zero-order valence-electron chi connectivity index (χ0n) is 15.6. The van der Waals surface area contributed by atoms with Crippen molar-refractivity contribution in [3.63, 3.8) is 0 Å². The van der Waals surface area contributed by atoms with Crippen molar-refractivity contribution >= 4 is 29.9 Å². The van der Waals surface area contributed by atoms with Crippen LogP contribution in [-0.2, 0) is 11.3 Å². The highest BCUT2D eigenvalue weighted by molar-refractivity contribution is 14.0. The van der Waals surface area contributed by atoms with Gasteiger partial charge in [0.1, 0.15) is 0 Å². The van der Waals surface area contributed by atoms with Gasteiger partial charge >= 0.3 is 0 Å². The largest absolute Gasteiger partial charge is 0.382 e. The van der Waals surface area contributed by atoms with Gasteiger partial charge in [-0.25, -0.2) is 0 Å². The maximum Gasteiger partial charge on any atom is 0.194 e. The van der Waals surface area contributed by atoms with Gasteiger partial charge < -0.3 is 15.0 Å². The molecule has 1 aromatic carbocycles. The van der Waals surface area contributed by atoms with Crippen molar-refractivity contribution < 1.29 is 4.74 Å². The minimum absolute atomic E-state index is 0. The first-order valence-corrected chi connectivity index (χ1v) is 9.20. The van der Waals surface area contributed by atoms with E-state index in [1.807, 2.05) is 6.92 Å². The molecule has 0 radical (unpaired) electrons. The molecule has 1 aliphatic rings. The van der Waals surface area contributed by atoms with Gasteiger partial charge in [0, 0.05) is 59.0 Å². The molecule has 6 heteroatoms. The van der Waals surface area contributed by atoms with Crippen molar-refractivity contribution in [1.82, 2.24) is 15.1 Å². The molecule has 1 N–H and O–H groups in total. The van der Waals surface area contributed by atoms with E-state index in [9.17, 15) is 0 Å². The number of rotatable bonds is 8. The average molecular weight is 460 g/mol. The van der Waals surface area contributed by atoms with Crippen molar-refractivity contribution in [1.29, 1.82) is 0 Å². The van der Waals surface area contributed by atoms with Crippen LogP contribution in [0.3, 0.4) is 0 Å². The number of hydrogen-bond donors (Lipinski definition) is 1. The van der Waals surface area contributed by atoms with E-state index in [1.54, 1.807) is 0 Å². The predicted octanol–water partition coefficient (Wildman–Crippen LogP) is 2.81. The highest BCUT2D eigenvalue weighted by Gasteiger charge is 2.19. The summed E-state index contributed by atoms with van der Waals surface area (Å²) in [5, 5.41) is 3.42. The van der Waals surface area contributed by atoms with Crippen molar-refractivity contribution in [3.8, 4) is 0 Å². The number of hydrogen-bond acceptors (Lipinski definition) is 3. The van der Waals surface area contributed by atoms with Crippen molar-refractivity contribution in [2.45, 2.75) is 26.8 Å². The SMILES string of the molecule is CCNC(=NCCCOCC)N1CCN(Cc2ccccc2)CC1.I. The second-order valence-corrected chi connectivity index (χ2v) is 6.03. The molecule has 0 spiro atoms. The Bertz CT molecular complexity index is 476. The van der Waals surface area contributed by atoms with E-state index in [0.717, 1.165) is 71.4 Å². The van der Waals surface area contributed by atoms with Gasteiger partial charge in [-0.05, 0) is 25.8 Å². The number of piperazine rings is 1. The summed E-state index contributed by atoms with van der Waals surface area (Å²) in [7, 11) is 0. The summed E-state index contributed by atoms with van der Waals surface area (Å²) in [6.45, 7) is 12.7. The molecule has 1 saturated heterocycles. The van der Waals surface area contributed by atoms with Gasteiger partial charge in [-0.15, -0.1) is 24.0 Å². The molecule has 1 heterocycles. The quantitative estimate of drug-likeness (QED) is 0.281. The molecule has 1 aromatic rings. The van der Waals surface area contributed by atoms with Gasteiger partial charge in [0.15, 0.2) is 5.96 Å². The fourth-order valence-corrected chi connectivity index (χ4v) is 2.88. The van der Waals surface area contributed by atoms with Crippen LogP contribution in [0, 0.1) is 0 Å². The number of nitrogens with one attached hydrogen (secondary N) is 1. The van der Waals surface area contributed by atoms with Crippen LogP contribution in [0.4, 0.5) is 0 Å². The second kappa shape index (κ2) is 13.4. The third kappa shape index (κ3) is 8.37. The van der Waals surface area contributed by atoms with E-state index < -0.39 is 0 Å². The Kier molecular flexibility index (Phi) is 11.9. The second-order valence-electron chi connectivity index (χ2n) is 6.03. The van der Waals surface area contributed by atoms with E-state index in [0.29, 0.717) is 0 Å². The molecule has 1 fully saturated rings. The first-order chi connectivity index (χ1) is 11.8. The summed E-state index contributed by atoms with van der Waals surface area (Å²) in [4.78, 5) is 9.65. The smallest absolute Gasteiger partial charge is 0.194 e. The number of halogens is 1. The third-order valence-corrected chi connectivity index (χ3v) is 4.17. The zero-order chi connectivity index (χ0) is 17.0. The standard InChI is InChI=1S/C19H32N4O.HI/c1-3-20-19(21-11-8-16-24-4-2)23-14-12-22(13-15-23)17-18-9-6-5-7-10-18;/h5-7,9-10H,3-4,8,11-17H2,1-2H3,(H,20,21);1H. The Labute approximate surface area is 169 Å². The Balaban J connectivity index is 0.00000312. The molecule has 0 aliphatic carbocycles. The van der Waals surface area contributed by atoms with Crippen LogP contribution in [0.1, 0.15) is 25.8 Å². The first kappa shape index (κ1) is 22.2. The van der Waals surface area contributed by atoms with Gasteiger partial charge in [-0.2, -0.15) is 0 Å². The summed E-state index contributed by atoms with van der Waals surface area (Å²) in [6, 6.07) is 10.7. The van der Waals surface area contributed by atoms with E-state index in [2.05, 4.69) is 52.4 Å². The van der Waals surface area contributed by atoms with Crippen molar-refractivity contribution in [3.05, 3.63) is 35.9 Å². The maximum atomic E-state index is 5.38. The summed E-state index contributed by atoms with van der Waals surface area (Å²) in [6.07, 6.45) is 0.983. The number of nitrogens with zero attached hydrogens (tertiary/aromatic N) is 3. The van der Waals surface area contributed by atoms with E-state index >= 15 is 0 Å². The summed E-state index contributed by atoms with van der Waals surface area (Å²) >= 11 is 0. The monoisotopic (exact) mass is 460 g/mol. The summed E-state index contributed by atoms with van der Waals surface area (Å²) in [5.41, 5.74) is 1.39. The molecular formula is C19H33IN4O. The predicted molar refractivity (Wildman–Crippen MR) is 116 cm³/mol. The lowest BCUT2D eigenvalue weighted by molar-refractivity contribution is 0.146. The molecule has 0 bridgehead atoms. The molecule has 0 unspecified atom stereocenters. The highest BCUT2D eigenvalue weighted by atomic mass is 127. The molecule has 0 atom stereocenters. The van der Waals surface area contributed by atoms with Crippen LogP contribution in [-0.4, -0.2) is 68.2 Å². The van der Waals surface area contributed by atoms with E-state index in [1.165, 1.54) is 5.56 Å². The number of benzene rings is 1. The van der Waals surface area contributed by atoms with Crippen molar-refractivity contribution in [2.24, 2.45) is 4.99 Å². The maximum absolute atomic E-state index is 5.38. The normalized spacial score (nSPS) is 15.8. The minimum atomic E-state index is 0. The Hall–Kier alpha value is -0.860. The van der Waals surface area contributed by atoms with Gasteiger partial charge in [0.2, 0.25) is 0 Å². The van der Waals surface area contributed by atoms with Gasteiger partial charge in [0.05, 0.1) is 0 Å². The number of guanidine groups is 1. The fourth-order valence-electron chi connectivity index (χ4n) is 2.88. The minimum Gasteiger partial charge on any atom is -0.382 e. The van der Waals surface area contributed by atoms with Crippen LogP contribution < -0.4 is 5.32 Å². The summed E-state index contributed by atoms with van der Waals surface area (Å²) in [5.74, 6) is 1.05. The Morgan fingerprint density at radius 1 is 1.12 bits per heavy atom. The molecule has 0 saturated carbocycles. The van der Waals surface area contributed by atoms with E-state index in [-0.39, 0.29) is 24.0 Å². The Morgan fingerprint density at radius 2 is 1.84 bits per heavy atom. The van der Waals surface area contributed by atoms with Gasteiger partial charge in [0.25, 0.3) is 0 Å². The molecule has 25 heavy (non-hydrogen) atoms. The van der Waals surface area contributed by atoms with Crippen LogP contribution in [0.15, 0.2) is 35.3 Å². The van der Waals surface area contributed by atoms with Crippen LogP contribution in [0.5, 0.6) is 0 Å². The number of aliphatic imine (C=N–C) groups is 1. The molecule has 142 valence electrons. The van der Waals surface area contributed by atoms with Gasteiger partial charge in [-0.1, -0.05) is 30.3 Å². The molecular weight excluding hydrogens is 427 g/mol. The van der Waals surface area contributed by atoms with Gasteiger partial charge in [-0.3, -0.25) is 9.89 Å². The average Bonchev–Trinajstić information content (AvgIpc) is 2.62. The fraction of sp³-hybridized carbons (Fsp3) is 0.632. The number of ether oxygens (including phenoxy) is 1. The van der Waals surface area contributed by atoms with Crippen molar-refractivity contribution in [2.75, 3.05) is 52.5 Å². The lowest BCUT2D eigenvalue weighted by Gasteiger charge is -2.36. The van der Waals surface area contributed by atoms with Crippen LogP contribution >= 0.6 is 24.0 Å². The highest BCUT2D eigenvalue weighted by Crippen LogP contribution is 2.08. The Morgan fingerprint density at radius 3 is 2.48 bits per heavy atom. The topological polar surface area (TPSA) is 40.1 Å². The molecule has 1 aliphatic heterocycles. The lowest BCUT2D eigenvalue weighted by atomic mass is 10.2. The van der Waals surface area contributed by atoms with Crippen LogP contribution in [0.25, 0.3) is 0 Å². The van der Waals surface area contributed by atoms with E-state index in [4.69, 9.17) is 9.73 Å².